The SMILES string of the molecule is NCCCNC(=O)c1cnsn1. The van der Waals surface area contributed by atoms with Crippen LogP contribution in [0.1, 0.15) is 16.9 Å². The predicted molar refractivity (Wildman–Crippen MR) is 45.9 cm³/mol. The first kappa shape index (κ1) is 9.08. The number of aromatic nitrogens is 2. The Kier molecular flexibility index (Phi) is 3.62. The maximum Gasteiger partial charge on any atom is 0.272 e. The van der Waals surface area contributed by atoms with Gasteiger partial charge in [-0.15, -0.1) is 0 Å². The molecular weight excluding hydrogens is 176 g/mol. The van der Waals surface area contributed by atoms with Gasteiger partial charge in [0.25, 0.3) is 5.91 Å². The van der Waals surface area contributed by atoms with Gasteiger partial charge in [0, 0.05) is 6.54 Å². The Morgan fingerprint density at radius 3 is 3.17 bits per heavy atom. The van der Waals surface area contributed by atoms with Crippen molar-refractivity contribution in [1.82, 2.24) is 14.1 Å². The minimum absolute atomic E-state index is 0.183. The average molecular weight is 186 g/mol. The average Bonchev–Trinajstić information content (AvgIpc) is 2.56. The fraction of sp³-hybridized carbons (Fsp3) is 0.500. The van der Waals surface area contributed by atoms with Gasteiger partial charge in [0.05, 0.1) is 17.9 Å². The van der Waals surface area contributed by atoms with E-state index >= 15 is 0 Å². The fourth-order valence-electron chi connectivity index (χ4n) is 0.659. The van der Waals surface area contributed by atoms with E-state index < -0.39 is 0 Å². The van der Waals surface area contributed by atoms with Crippen LogP contribution < -0.4 is 11.1 Å². The predicted octanol–water partition coefficient (Wildman–Crippen LogP) is -0.383. The maximum atomic E-state index is 11.1. The fourth-order valence-corrected chi connectivity index (χ4v) is 1.07. The number of hydrogen-bond donors (Lipinski definition) is 2. The first-order valence-electron chi connectivity index (χ1n) is 3.60. The molecule has 0 spiro atoms. The van der Waals surface area contributed by atoms with E-state index in [0.29, 0.717) is 18.8 Å². The summed E-state index contributed by atoms with van der Waals surface area (Å²) in [6.45, 7) is 1.17. The molecule has 0 saturated heterocycles. The van der Waals surface area contributed by atoms with Crippen molar-refractivity contribution < 1.29 is 4.79 Å². The van der Waals surface area contributed by atoms with Crippen LogP contribution in [0.5, 0.6) is 0 Å². The zero-order valence-corrected chi connectivity index (χ0v) is 7.30. The third-order valence-electron chi connectivity index (χ3n) is 1.26. The van der Waals surface area contributed by atoms with E-state index in [1.54, 1.807) is 0 Å². The standard InChI is InChI=1S/C6H10N4OS/c7-2-1-3-8-6(11)5-4-9-12-10-5/h4H,1-3,7H2,(H,8,11). The molecule has 0 aliphatic carbocycles. The van der Waals surface area contributed by atoms with Crippen LogP contribution in [0.4, 0.5) is 0 Å². The van der Waals surface area contributed by atoms with Crippen LogP contribution in [0.2, 0.25) is 0 Å². The molecule has 1 amide bonds. The lowest BCUT2D eigenvalue weighted by Gasteiger charge is -1.99. The highest BCUT2D eigenvalue weighted by Crippen LogP contribution is 1.93. The highest BCUT2D eigenvalue weighted by molar-refractivity contribution is 6.99. The van der Waals surface area contributed by atoms with Crippen molar-refractivity contribution in [2.24, 2.45) is 5.73 Å². The summed E-state index contributed by atoms with van der Waals surface area (Å²) in [5.74, 6) is -0.183. The molecule has 0 fully saturated rings. The monoisotopic (exact) mass is 186 g/mol. The third kappa shape index (κ3) is 2.55. The van der Waals surface area contributed by atoms with Crippen LogP contribution in [0.25, 0.3) is 0 Å². The summed E-state index contributed by atoms with van der Waals surface area (Å²) in [5.41, 5.74) is 5.63. The topological polar surface area (TPSA) is 80.9 Å². The van der Waals surface area contributed by atoms with E-state index in [9.17, 15) is 4.79 Å². The molecule has 0 atom stereocenters. The summed E-state index contributed by atoms with van der Waals surface area (Å²) < 4.78 is 7.50. The lowest BCUT2D eigenvalue weighted by Crippen LogP contribution is -2.26. The number of nitrogens with two attached hydrogens (primary N) is 1. The number of nitrogens with zero attached hydrogens (tertiary/aromatic N) is 2. The zero-order valence-electron chi connectivity index (χ0n) is 6.49. The first-order valence-corrected chi connectivity index (χ1v) is 4.33. The normalized spacial score (nSPS) is 9.75. The number of amides is 1. The Balaban J connectivity index is 2.30. The van der Waals surface area contributed by atoms with Gasteiger partial charge in [-0.25, -0.2) is 0 Å². The second-order valence-corrected chi connectivity index (χ2v) is 2.75. The summed E-state index contributed by atoms with van der Waals surface area (Å²) in [6, 6.07) is 0. The van der Waals surface area contributed by atoms with Gasteiger partial charge in [-0.05, 0) is 13.0 Å². The van der Waals surface area contributed by atoms with Crippen LogP contribution in [0.3, 0.4) is 0 Å². The summed E-state index contributed by atoms with van der Waals surface area (Å²) in [5, 5.41) is 2.67. The van der Waals surface area contributed by atoms with Crippen molar-refractivity contribution in [1.29, 1.82) is 0 Å². The molecule has 0 aliphatic heterocycles. The van der Waals surface area contributed by atoms with Crippen LogP contribution in [-0.2, 0) is 0 Å². The van der Waals surface area contributed by atoms with Gasteiger partial charge in [-0.2, -0.15) is 8.75 Å². The molecular formula is C6H10N4OS. The highest BCUT2D eigenvalue weighted by Gasteiger charge is 2.06. The van der Waals surface area contributed by atoms with Crippen molar-refractivity contribution in [2.75, 3.05) is 13.1 Å². The molecule has 12 heavy (non-hydrogen) atoms. The number of rotatable bonds is 4. The molecule has 0 aliphatic rings. The molecule has 5 nitrogen and oxygen atoms in total. The lowest BCUT2D eigenvalue weighted by molar-refractivity contribution is 0.0949. The second kappa shape index (κ2) is 4.78. The molecule has 6 heteroatoms. The Bertz CT molecular complexity index is 236. The van der Waals surface area contributed by atoms with Crippen molar-refractivity contribution in [2.45, 2.75) is 6.42 Å². The molecule has 1 rings (SSSR count). The molecule has 0 saturated carbocycles. The molecule has 3 N–H and O–H groups in total. The molecule has 1 heterocycles. The molecule has 1 aromatic heterocycles. The number of carbonyl (C=O) groups excluding carboxylic acids is 1. The number of hydrogen-bond acceptors (Lipinski definition) is 5. The van der Waals surface area contributed by atoms with Crippen molar-refractivity contribution >= 4 is 17.6 Å². The number of carbonyl (C=O) groups is 1. The quantitative estimate of drug-likeness (QED) is 0.628. The second-order valence-electron chi connectivity index (χ2n) is 2.19. The van der Waals surface area contributed by atoms with Gasteiger partial charge < -0.3 is 11.1 Å². The Labute approximate surface area is 74.3 Å². The highest BCUT2D eigenvalue weighted by atomic mass is 32.1. The van der Waals surface area contributed by atoms with Gasteiger partial charge in [0.15, 0.2) is 5.69 Å². The smallest absolute Gasteiger partial charge is 0.272 e. The molecule has 0 radical (unpaired) electrons. The Hall–Kier alpha value is -1.01. The summed E-state index contributed by atoms with van der Waals surface area (Å²) in [7, 11) is 0. The molecule has 0 unspecified atom stereocenters. The Morgan fingerprint density at radius 2 is 2.58 bits per heavy atom. The van der Waals surface area contributed by atoms with Gasteiger partial charge >= 0.3 is 0 Å². The van der Waals surface area contributed by atoms with Crippen LogP contribution in [0.15, 0.2) is 6.20 Å². The molecule has 1 aromatic rings. The van der Waals surface area contributed by atoms with Crippen LogP contribution >= 0.6 is 11.7 Å². The zero-order chi connectivity index (χ0) is 8.81. The van der Waals surface area contributed by atoms with E-state index in [1.807, 2.05) is 0 Å². The number of nitrogens with one attached hydrogen (secondary N) is 1. The van der Waals surface area contributed by atoms with E-state index in [2.05, 4.69) is 14.1 Å². The third-order valence-corrected chi connectivity index (χ3v) is 1.74. The van der Waals surface area contributed by atoms with Crippen molar-refractivity contribution in [3.05, 3.63) is 11.9 Å². The molecule has 66 valence electrons. The van der Waals surface area contributed by atoms with Gasteiger partial charge in [0.2, 0.25) is 0 Å². The summed E-state index contributed by atoms with van der Waals surface area (Å²) in [4.78, 5) is 11.1. The van der Waals surface area contributed by atoms with E-state index in [4.69, 9.17) is 5.73 Å². The van der Waals surface area contributed by atoms with E-state index in [0.717, 1.165) is 18.1 Å². The summed E-state index contributed by atoms with van der Waals surface area (Å²) in [6.07, 6.45) is 2.23. The molecule has 0 bridgehead atoms. The van der Waals surface area contributed by atoms with Crippen molar-refractivity contribution in [3.63, 3.8) is 0 Å². The largest absolute Gasteiger partial charge is 0.351 e. The van der Waals surface area contributed by atoms with E-state index in [1.165, 1.54) is 6.20 Å². The first-order chi connectivity index (χ1) is 5.84. The Morgan fingerprint density at radius 1 is 1.75 bits per heavy atom. The summed E-state index contributed by atoms with van der Waals surface area (Å²) >= 11 is 1.02. The van der Waals surface area contributed by atoms with Gasteiger partial charge in [-0.1, -0.05) is 0 Å². The minimum Gasteiger partial charge on any atom is -0.351 e. The van der Waals surface area contributed by atoms with E-state index in [-0.39, 0.29) is 5.91 Å². The van der Waals surface area contributed by atoms with Crippen LogP contribution in [-0.4, -0.2) is 27.7 Å². The van der Waals surface area contributed by atoms with Gasteiger partial charge in [-0.3, -0.25) is 4.79 Å². The molecule has 0 aromatic carbocycles. The maximum absolute atomic E-state index is 11.1. The van der Waals surface area contributed by atoms with Gasteiger partial charge in [0.1, 0.15) is 0 Å². The lowest BCUT2D eigenvalue weighted by atomic mass is 10.4. The van der Waals surface area contributed by atoms with Crippen molar-refractivity contribution in [3.8, 4) is 0 Å². The van der Waals surface area contributed by atoms with Crippen LogP contribution in [0, 0.1) is 0 Å². The minimum atomic E-state index is -0.183.